The summed E-state index contributed by atoms with van der Waals surface area (Å²) in [7, 11) is 6.65. The van der Waals surface area contributed by atoms with E-state index in [1.807, 2.05) is 13.0 Å². The summed E-state index contributed by atoms with van der Waals surface area (Å²) in [5, 5.41) is 2.13. The van der Waals surface area contributed by atoms with E-state index in [4.69, 9.17) is 23.7 Å². The Kier molecular flexibility index (Phi) is 7.63. The number of pyridine rings is 1. The zero-order chi connectivity index (χ0) is 24.9. The molecule has 0 amide bonds. The molecular formula is C28H34NO6+. The molecule has 4 rings (SSSR count). The van der Waals surface area contributed by atoms with Gasteiger partial charge in [-0.25, -0.2) is 0 Å². The Morgan fingerprint density at radius 3 is 2.34 bits per heavy atom. The summed E-state index contributed by atoms with van der Waals surface area (Å²) >= 11 is 0. The number of methoxy groups -OCH3 is 4. The number of hydrogen-bond acceptors (Lipinski definition) is 6. The predicted octanol–water partition coefficient (Wildman–Crippen LogP) is 4.66. The average molecular weight is 481 g/mol. The molecule has 0 atom stereocenters. The van der Waals surface area contributed by atoms with Crippen LogP contribution in [0.2, 0.25) is 0 Å². The van der Waals surface area contributed by atoms with Crippen molar-refractivity contribution < 1.29 is 33.0 Å². The summed E-state index contributed by atoms with van der Waals surface area (Å²) in [6.45, 7) is 3.08. The summed E-state index contributed by atoms with van der Waals surface area (Å²) in [5.74, 6) is 2.74. The second-order valence-corrected chi connectivity index (χ2v) is 8.54. The normalized spacial score (nSPS) is 12.0. The van der Waals surface area contributed by atoms with Crippen molar-refractivity contribution in [2.24, 2.45) is 0 Å². The number of aromatic nitrogens is 1. The largest absolute Gasteiger partial charge is 0.493 e. The van der Waals surface area contributed by atoms with Crippen LogP contribution in [-0.2, 0) is 28.9 Å². The maximum atomic E-state index is 11.9. The summed E-state index contributed by atoms with van der Waals surface area (Å²) in [5.41, 5.74) is 4.77. The van der Waals surface area contributed by atoms with E-state index in [0.29, 0.717) is 24.5 Å². The van der Waals surface area contributed by atoms with Crippen molar-refractivity contribution in [2.75, 3.05) is 35.0 Å². The first-order valence-electron chi connectivity index (χ1n) is 12.1. The molecule has 0 aliphatic carbocycles. The Balaban J connectivity index is 1.86. The third-order valence-corrected chi connectivity index (χ3v) is 6.62. The standard InChI is InChI=1S/C28H34NO6/c1-6-35-26(30)10-8-7-9-20-19-11-12-23(31-2)28(34-5)22(19)17-29-14-13-18-15-24(32-3)25(33-4)16-21(18)27(20)29/h11-12,15-17H,6-10,13-14H2,1-5H3/q+1. The van der Waals surface area contributed by atoms with Gasteiger partial charge in [0.2, 0.25) is 5.69 Å². The molecule has 3 aromatic rings. The van der Waals surface area contributed by atoms with Gasteiger partial charge in [0.1, 0.15) is 0 Å². The fourth-order valence-corrected chi connectivity index (χ4v) is 5.00. The third-order valence-electron chi connectivity index (χ3n) is 6.62. The van der Waals surface area contributed by atoms with Crippen LogP contribution in [0.3, 0.4) is 0 Å². The summed E-state index contributed by atoms with van der Waals surface area (Å²) in [6, 6.07) is 8.22. The zero-order valence-corrected chi connectivity index (χ0v) is 21.2. The molecule has 2 aromatic carbocycles. The molecule has 1 aliphatic heterocycles. The van der Waals surface area contributed by atoms with Gasteiger partial charge in [0.25, 0.3) is 0 Å². The minimum absolute atomic E-state index is 0.143. The molecule has 1 aromatic heterocycles. The molecule has 0 saturated carbocycles. The van der Waals surface area contributed by atoms with Gasteiger partial charge in [-0.2, -0.15) is 4.57 Å². The summed E-state index contributed by atoms with van der Waals surface area (Å²) in [6.07, 6.45) is 5.91. The lowest BCUT2D eigenvalue weighted by Crippen LogP contribution is -2.41. The van der Waals surface area contributed by atoms with Gasteiger partial charge in [-0.1, -0.05) is 0 Å². The molecule has 0 radical (unpaired) electrons. The average Bonchev–Trinajstić information content (AvgIpc) is 2.88. The fraction of sp³-hybridized carbons (Fsp3) is 0.429. The molecule has 0 N–H and O–H groups in total. The predicted molar refractivity (Wildman–Crippen MR) is 134 cm³/mol. The molecule has 0 spiro atoms. The van der Waals surface area contributed by atoms with Crippen molar-refractivity contribution in [3.63, 3.8) is 0 Å². The van der Waals surface area contributed by atoms with Gasteiger partial charge in [0.15, 0.2) is 35.7 Å². The number of benzene rings is 2. The van der Waals surface area contributed by atoms with Crippen LogP contribution in [-0.4, -0.2) is 41.0 Å². The van der Waals surface area contributed by atoms with Crippen LogP contribution in [0.25, 0.3) is 22.0 Å². The number of hydrogen-bond donors (Lipinski definition) is 0. The van der Waals surface area contributed by atoms with Gasteiger partial charge < -0.3 is 23.7 Å². The molecule has 0 unspecified atom stereocenters. The highest BCUT2D eigenvalue weighted by atomic mass is 16.5. The second kappa shape index (κ2) is 10.8. The molecule has 0 fully saturated rings. The van der Waals surface area contributed by atoms with E-state index in [1.54, 1.807) is 28.4 Å². The van der Waals surface area contributed by atoms with Gasteiger partial charge in [-0.15, -0.1) is 0 Å². The van der Waals surface area contributed by atoms with Crippen molar-refractivity contribution in [2.45, 2.75) is 45.6 Å². The lowest BCUT2D eigenvalue weighted by molar-refractivity contribution is -0.686. The Labute approximate surface area is 206 Å². The molecule has 0 bridgehead atoms. The van der Waals surface area contributed by atoms with Crippen LogP contribution in [0.4, 0.5) is 0 Å². The first-order chi connectivity index (χ1) is 17.1. The number of esters is 1. The highest BCUT2D eigenvalue weighted by molar-refractivity contribution is 5.95. The quantitative estimate of drug-likeness (QED) is 0.239. The Bertz CT molecular complexity index is 1240. The van der Waals surface area contributed by atoms with E-state index < -0.39 is 0 Å². The molecule has 35 heavy (non-hydrogen) atoms. The topological polar surface area (TPSA) is 67.1 Å². The van der Waals surface area contributed by atoms with E-state index in [0.717, 1.165) is 60.1 Å². The van der Waals surface area contributed by atoms with Crippen molar-refractivity contribution in [1.29, 1.82) is 0 Å². The second-order valence-electron chi connectivity index (χ2n) is 8.54. The first kappa shape index (κ1) is 24.6. The van der Waals surface area contributed by atoms with Crippen molar-refractivity contribution in [3.05, 3.63) is 41.6 Å². The highest BCUT2D eigenvalue weighted by Crippen LogP contribution is 2.42. The Morgan fingerprint density at radius 1 is 0.914 bits per heavy atom. The number of rotatable bonds is 10. The van der Waals surface area contributed by atoms with Crippen LogP contribution < -0.4 is 23.5 Å². The SMILES string of the molecule is CCOC(=O)CCCCc1c2[n+](cc3c(OC)c(OC)ccc13)CCc1cc(OC)c(OC)cc1-2. The number of carbonyl (C=O) groups excluding carboxylic acids is 1. The number of nitrogens with zero attached hydrogens (tertiary/aromatic N) is 1. The van der Waals surface area contributed by atoms with E-state index in [2.05, 4.69) is 29.0 Å². The lowest BCUT2D eigenvalue weighted by Gasteiger charge is -2.22. The van der Waals surface area contributed by atoms with Crippen molar-refractivity contribution in [3.8, 4) is 34.3 Å². The van der Waals surface area contributed by atoms with Crippen LogP contribution in [0.1, 0.15) is 37.3 Å². The molecule has 1 aliphatic rings. The van der Waals surface area contributed by atoms with Gasteiger partial charge in [0.05, 0.1) is 46.0 Å². The molecular weight excluding hydrogens is 446 g/mol. The van der Waals surface area contributed by atoms with Gasteiger partial charge >= 0.3 is 5.97 Å². The summed E-state index contributed by atoms with van der Waals surface area (Å²) in [4.78, 5) is 11.9. The third kappa shape index (κ3) is 4.72. The lowest BCUT2D eigenvalue weighted by atomic mass is 9.89. The highest BCUT2D eigenvalue weighted by Gasteiger charge is 2.31. The number of fused-ring (bicyclic) bond motifs is 4. The van der Waals surface area contributed by atoms with Crippen molar-refractivity contribution in [1.82, 2.24) is 0 Å². The minimum Gasteiger partial charge on any atom is -0.493 e. The first-order valence-corrected chi connectivity index (χ1v) is 12.1. The van der Waals surface area contributed by atoms with Gasteiger partial charge in [-0.3, -0.25) is 4.79 Å². The zero-order valence-electron chi connectivity index (χ0n) is 21.2. The maximum absolute atomic E-state index is 11.9. The maximum Gasteiger partial charge on any atom is 0.305 e. The number of carbonyl (C=O) groups is 1. The van der Waals surface area contributed by atoms with E-state index in [-0.39, 0.29) is 5.97 Å². The van der Waals surface area contributed by atoms with Crippen LogP contribution in [0.5, 0.6) is 23.0 Å². The molecule has 7 heteroatoms. The van der Waals surface area contributed by atoms with Crippen LogP contribution in [0, 0.1) is 0 Å². The smallest absolute Gasteiger partial charge is 0.305 e. The van der Waals surface area contributed by atoms with E-state index in [9.17, 15) is 4.79 Å². The summed E-state index contributed by atoms with van der Waals surface area (Å²) < 4.78 is 30.0. The molecule has 186 valence electrons. The minimum atomic E-state index is -0.143. The number of unbranched alkanes of at least 4 members (excludes halogenated alkanes) is 1. The Hall–Kier alpha value is -3.48. The van der Waals surface area contributed by atoms with Crippen molar-refractivity contribution >= 4 is 16.7 Å². The van der Waals surface area contributed by atoms with Crippen LogP contribution >= 0.6 is 0 Å². The Morgan fingerprint density at radius 2 is 1.66 bits per heavy atom. The monoisotopic (exact) mass is 480 g/mol. The molecule has 2 heterocycles. The van der Waals surface area contributed by atoms with Gasteiger partial charge in [-0.05, 0) is 56.0 Å². The van der Waals surface area contributed by atoms with E-state index in [1.165, 1.54) is 16.8 Å². The van der Waals surface area contributed by atoms with E-state index >= 15 is 0 Å². The fourth-order valence-electron chi connectivity index (χ4n) is 5.00. The number of ether oxygens (including phenoxy) is 5. The van der Waals surface area contributed by atoms with Gasteiger partial charge in [0, 0.05) is 23.8 Å². The molecule has 7 nitrogen and oxygen atoms in total. The number of aryl methyl sites for hydroxylation is 3. The van der Waals surface area contributed by atoms with Crippen LogP contribution in [0.15, 0.2) is 30.5 Å². The molecule has 0 saturated heterocycles.